The molecule has 0 amide bonds. The van der Waals surface area contributed by atoms with Gasteiger partial charge in [0.2, 0.25) is 0 Å². The number of fused-ring (bicyclic) bond motifs is 2. The van der Waals surface area contributed by atoms with Gasteiger partial charge in [0, 0.05) is 64.8 Å². The molecule has 108 heavy (non-hydrogen) atoms. The van der Waals surface area contributed by atoms with Crippen LogP contribution < -0.4 is 16.0 Å². The highest BCUT2D eigenvalue weighted by molar-refractivity contribution is 7.80. The fraction of sp³-hybridized carbons (Fsp3) is 0.839. The fourth-order valence-corrected chi connectivity index (χ4v) is 13.7. The van der Waals surface area contributed by atoms with E-state index in [0.717, 1.165) is 0 Å². The van der Waals surface area contributed by atoms with Gasteiger partial charge in [0.05, 0.1) is 50.0 Å². The molecule has 1 saturated carbocycles. The lowest BCUT2D eigenvalue weighted by molar-refractivity contribution is -0.325. The van der Waals surface area contributed by atoms with Crippen molar-refractivity contribution in [3.8, 4) is 0 Å². The molecule has 43 nitrogen and oxygen atoms in total. The average Bonchev–Trinajstić information content (AvgIpc) is 0.815. The average molecular weight is 1620 g/mol. The Morgan fingerprint density at radius 3 is 1.18 bits per heavy atom. The molecule has 6 aliphatic heterocycles. The Balaban J connectivity index is 0.890. The van der Waals surface area contributed by atoms with Gasteiger partial charge in [-0.2, -0.15) is 0 Å². The van der Waals surface area contributed by atoms with Crippen LogP contribution in [-0.2, 0) is 74.8 Å². The van der Waals surface area contributed by atoms with Gasteiger partial charge in [-0.3, -0.25) is 24.4 Å². The normalized spacial score (nSPS) is 39.6. The van der Waals surface area contributed by atoms with Crippen molar-refractivity contribution in [3.63, 3.8) is 0 Å². The smallest absolute Gasteiger partial charge is 0.320 e. The quantitative estimate of drug-likeness (QED) is 0.0262. The second kappa shape index (κ2) is 41.8. The van der Waals surface area contributed by atoms with Crippen molar-refractivity contribution in [3.05, 3.63) is 29.6 Å². The first-order valence-corrected chi connectivity index (χ1v) is 36.1. The van der Waals surface area contributed by atoms with Crippen LogP contribution in [0, 0.1) is 5.92 Å². The summed E-state index contributed by atoms with van der Waals surface area (Å²) >= 11 is 16.2. The number of aromatic nitrogens is 1. The number of carboxylic acid groups (broad SMARTS) is 2. The molecule has 32 atom stereocenters. The van der Waals surface area contributed by atoms with Gasteiger partial charge < -0.3 is 190 Å². The number of nitrogens with one attached hydrogen (secondary N) is 3. The number of rotatable bonds is 29. The highest BCUT2D eigenvalue weighted by Crippen LogP contribution is 2.32. The van der Waals surface area contributed by atoms with E-state index in [0.29, 0.717) is 17.8 Å². The summed E-state index contributed by atoms with van der Waals surface area (Å²) < 4.78 is 60.4. The van der Waals surface area contributed by atoms with Crippen molar-refractivity contribution in [2.75, 3.05) is 92.0 Å². The van der Waals surface area contributed by atoms with Gasteiger partial charge in [-0.15, -0.1) is 0 Å². The van der Waals surface area contributed by atoms with E-state index in [1.54, 1.807) is 28.0 Å². The summed E-state index contributed by atoms with van der Waals surface area (Å²) in [5, 5.41) is 247. The lowest BCUT2D eigenvalue weighted by Gasteiger charge is -2.42. The van der Waals surface area contributed by atoms with E-state index in [9.17, 15) is 127 Å². The molecule has 26 N–H and O–H groups in total. The highest BCUT2D eigenvalue weighted by Gasteiger charge is 2.51. The lowest BCUT2D eigenvalue weighted by Crippen LogP contribution is -2.61. The number of nitrogens with zero attached hydrogens (tertiary/aromatic N) is 4. The molecule has 46 heteroatoms. The molecule has 618 valence electrons. The Morgan fingerprint density at radius 1 is 0.426 bits per heavy atom. The molecule has 1 aliphatic carbocycles. The Kier molecular flexibility index (Phi) is 34.6. The molecule has 5 saturated heterocycles. The predicted molar refractivity (Wildman–Crippen MR) is 366 cm³/mol. The van der Waals surface area contributed by atoms with Crippen LogP contribution in [0.3, 0.4) is 0 Å². The topological polar surface area (TPSA) is 660 Å². The first-order chi connectivity index (χ1) is 51.1. The lowest BCUT2D eigenvalue weighted by atomic mass is 9.81. The van der Waals surface area contributed by atoms with Crippen molar-refractivity contribution in [1.82, 2.24) is 35.6 Å². The van der Waals surface area contributed by atoms with Crippen LogP contribution in [0.4, 0.5) is 0 Å². The number of ether oxygens (including phenoxy) is 11. The van der Waals surface area contributed by atoms with Crippen molar-refractivity contribution in [2.45, 2.75) is 229 Å². The van der Waals surface area contributed by atoms with Crippen LogP contribution in [0.1, 0.15) is 37.1 Å². The SMILES string of the molecule is O=C(O)C(CCNC(=S)OC[C@H]1O[C@@H](OCC2O[C@@H](O)[C@H](O)[C@@H](O)[C@@H]2O)[C@H](O)[C@@H](O)[C@@H]1O)N1CCN(CCCNC(=S)OC[C@H]2C[C@@H](OC[C@H]3O[C@@H](O)[C@H](O)[C@@H](O)[C@@H]3O)[C@H](O)[C@@H](O)[C@@H]2O)CCN(C(CCNC(=S)OC[C@H]2O[C@@H](OC[C@H]3O[C@@H](O)[C@H](O)[C@@H](O)[C@@H]3O)[C@H](O)[C@@H](O)[C@@H]2O)C(=O)O)Cc2cccc(n2)C1. The van der Waals surface area contributed by atoms with E-state index in [-0.39, 0.29) is 107 Å². The highest BCUT2D eigenvalue weighted by atomic mass is 32.1. The van der Waals surface area contributed by atoms with E-state index in [1.165, 1.54) is 0 Å². The number of hydrogen-bond acceptors (Lipinski definition) is 41. The summed E-state index contributed by atoms with van der Waals surface area (Å²) in [6.45, 7) is -2.63. The molecule has 8 rings (SSSR count). The monoisotopic (exact) mass is 1620 g/mol. The van der Waals surface area contributed by atoms with Crippen LogP contribution in [-0.4, -0.2) is 447 Å². The number of aliphatic hydroxyl groups is 21. The fourth-order valence-electron chi connectivity index (χ4n) is 13.2. The Bertz CT molecular complexity index is 2860. The number of hydrogen-bond donors (Lipinski definition) is 26. The van der Waals surface area contributed by atoms with Crippen LogP contribution in [0.15, 0.2) is 18.2 Å². The summed E-state index contributed by atoms with van der Waals surface area (Å²) in [5.74, 6) is -3.37. The van der Waals surface area contributed by atoms with Gasteiger partial charge in [0.25, 0.3) is 15.5 Å². The summed E-state index contributed by atoms with van der Waals surface area (Å²) in [4.78, 5) is 36.8. The molecule has 1 aromatic rings. The summed E-state index contributed by atoms with van der Waals surface area (Å²) in [6.07, 6.45) is -49.3. The predicted octanol–water partition coefficient (Wildman–Crippen LogP) is -13.7. The molecular formula is C62H101N7O36S3. The number of carbonyl (C=O) groups is 2. The number of pyridine rings is 1. The van der Waals surface area contributed by atoms with Gasteiger partial charge in [0.1, 0.15) is 160 Å². The van der Waals surface area contributed by atoms with E-state index in [4.69, 9.17) is 93.7 Å². The summed E-state index contributed by atoms with van der Waals surface area (Å²) in [6, 6.07) is 2.53. The van der Waals surface area contributed by atoms with Crippen LogP contribution >= 0.6 is 36.7 Å². The van der Waals surface area contributed by atoms with E-state index < -0.39 is 241 Å². The first-order valence-electron chi connectivity index (χ1n) is 34.9. The minimum absolute atomic E-state index is 0.0485. The molecule has 6 fully saturated rings. The number of aliphatic carboxylic acids is 2. The maximum atomic E-state index is 13.3. The third kappa shape index (κ3) is 23.8. The molecule has 7 heterocycles. The first kappa shape index (κ1) is 89.4. The number of aliphatic hydroxyl groups excluding tert-OH is 21. The third-order valence-corrected chi connectivity index (χ3v) is 20.5. The Labute approximate surface area is 632 Å². The van der Waals surface area contributed by atoms with Crippen LogP contribution in [0.2, 0.25) is 0 Å². The van der Waals surface area contributed by atoms with E-state index in [1.807, 2.05) is 4.90 Å². The molecule has 3 unspecified atom stereocenters. The van der Waals surface area contributed by atoms with E-state index >= 15 is 0 Å². The van der Waals surface area contributed by atoms with Gasteiger partial charge in [-0.05, 0) is 81.0 Å². The zero-order valence-electron chi connectivity index (χ0n) is 58.0. The van der Waals surface area contributed by atoms with Crippen LogP contribution in [0.25, 0.3) is 0 Å². The Hall–Kier alpha value is -4.12. The van der Waals surface area contributed by atoms with Gasteiger partial charge in [-0.25, -0.2) is 0 Å². The van der Waals surface area contributed by atoms with Gasteiger partial charge in [0.15, 0.2) is 31.5 Å². The molecule has 0 radical (unpaired) electrons. The van der Waals surface area contributed by atoms with Crippen molar-refractivity contribution >= 4 is 64.1 Å². The van der Waals surface area contributed by atoms with Crippen molar-refractivity contribution < 1.29 is 179 Å². The molecule has 0 aromatic carbocycles. The van der Waals surface area contributed by atoms with Gasteiger partial charge >= 0.3 is 11.9 Å². The minimum Gasteiger partial charge on any atom is -0.480 e. The Morgan fingerprint density at radius 2 is 0.778 bits per heavy atom. The zero-order valence-corrected chi connectivity index (χ0v) is 60.4. The third-order valence-electron chi connectivity index (χ3n) is 19.8. The second-order valence-corrected chi connectivity index (χ2v) is 28.4. The maximum absolute atomic E-state index is 13.3. The zero-order chi connectivity index (χ0) is 79.1. The molecule has 0 spiro atoms. The minimum atomic E-state index is -1.90. The van der Waals surface area contributed by atoms with Gasteiger partial charge in [-0.1, -0.05) is 6.07 Å². The molecule has 7 aliphatic rings. The van der Waals surface area contributed by atoms with E-state index in [2.05, 4.69) is 16.0 Å². The summed E-state index contributed by atoms with van der Waals surface area (Å²) in [7, 11) is 0. The summed E-state index contributed by atoms with van der Waals surface area (Å²) in [5.41, 5.74) is 0.804. The molecule has 1 aromatic heterocycles. The largest absolute Gasteiger partial charge is 0.480 e. The molecule has 2 bridgehead atoms. The van der Waals surface area contributed by atoms with Crippen molar-refractivity contribution in [2.24, 2.45) is 5.92 Å². The molecular weight excluding hydrogens is 1510 g/mol. The second-order valence-electron chi connectivity index (χ2n) is 27.3. The standard InChI is InChI=1S/C62H101N7O36S3/c70-35-24(15-29(36(71)42(35)77)95-19-30-37(72)43(78)48(83)55(92)101-30)18-98-60(106)63-7-2-10-67-11-13-68(27(53(88)89)5-8-64-61(107)99-22-33-40(75)46(81)51(86)58(104-33)96-20-31-38(73)44(79)49(84)56(93)102-31)16-25-3-1-4-26(66-25)17-69(14-12-67)28(54(90)91)6-9-65-62(108)100-23-34-41(76)47(82)52(87)59(105-34)97-21-32-39(74)45(80)50(85)57(94)103-32/h1,3-4,24,27-52,55-59,70-87,92-94H,2,5-23H2,(H,63,106)(H,64,107)(H,65,108)(H,88,89)(H,90,91)/t24-,27?,28?,29-,30-,31-,32?,33-,34-,35-,36+,37-,38-,39-,40-,41-,42+,43+,44+,45+,46+,47+,48-,49-,50-,51-,52-,55-,56-,57-,58-,59-/m1/s1. The number of carboxylic acids is 2. The maximum Gasteiger partial charge on any atom is 0.320 e. The van der Waals surface area contributed by atoms with Crippen LogP contribution in [0.5, 0.6) is 0 Å². The van der Waals surface area contributed by atoms with Crippen molar-refractivity contribution in [1.29, 1.82) is 0 Å². The number of thiocarbonyl (C=S) groups is 3.